The fourth-order valence-corrected chi connectivity index (χ4v) is 0.889. The average molecular weight is 158 g/mol. The zero-order valence-electron chi connectivity index (χ0n) is 7.00. The van der Waals surface area contributed by atoms with Crippen molar-refractivity contribution < 1.29 is 14.3 Å². The molecule has 0 aliphatic rings. The van der Waals surface area contributed by atoms with E-state index in [1.54, 1.807) is 0 Å². The molecule has 64 valence electrons. The Balaban J connectivity index is 3.67. The van der Waals surface area contributed by atoms with Crippen molar-refractivity contribution in [3.05, 3.63) is 0 Å². The first-order valence-electron chi connectivity index (χ1n) is 3.81. The highest BCUT2D eigenvalue weighted by molar-refractivity contribution is 5.66. The Bertz CT molecular complexity index is 131. The molecule has 0 N–H and O–H groups in total. The lowest BCUT2D eigenvalue weighted by molar-refractivity contribution is -0.147. The number of carbonyl (C=O) groups is 2. The van der Waals surface area contributed by atoms with Crippen molar-refractivity contribution >= 4 is 12.3 Å². The summed E-state index contributed by atoms with van der Waals surface area (Å²) in [6, 6.07) is 0. The second kappa shape index (κ2) is 5.89. The third-order valence-corrected chi connectivity index (χ3v) is 1.30. The van der Waals surface area contributed by atoms with E-state index in [1.807, 2.05) is 6.92 Å². The van der Waals surface area contributed by atoms with Crippen molar-refractivity contribution in [3.8, 4) is 0 Å². The van der Waals surface area contributed by atoms with E-state index in [9.17, 15) is 9.59 Å². The van der Waals surface area contributed by atoms with Gasteiger partial charge < -0.3 is 9.53 Å². The van der Waals surface area contributed by atoms with Crippen LogP contribution in [0.25, 0.3) is 0 Å². The molecule has 0 fully saturated rings. The SMILES string of the molecule is CCC[C@H](CC=O)OC(C)=O. The zero-order chi connectivity index (χ0) is 8.69. The van der Waals surface area contributed by atoms with Gasteiger partial charge in [-0.2, -0.15) is 0 Å². The van der Waals surface area contributed by atoms with E-state index >= 15 is 0 Å². The van der Waals surface area contributed by atoms with E-state index in [0.29, 0.717) is 6.42 Å². The smallest absolute Gasteiger partial charge is 0.302 e. The van der Waals surface area contributed by atoms with E-state index in [-0.39, 0.29) is 12.1 Å². The molecule has 0 amide bonds. The number of aldehydes is 1. The number of hydrogen-bond acceptors (Lipinski definition) is 3. The quantitative estimate of drug-likeness (QED) is 0.447. The first kappa shape index (κ1) is 10.1. The van der Waals surface area contributed by atoms with Crippen molar-refractivity contribution in [3.63, 3.8) is 0 Å². The Morgan fingerprint density at radius 3 is 2.64 bits per heavy atom. The third kappa shape index (κ3) is 5.58. The number of esters is 1. The summed E-state index contributed by atoms with van der Waals surface area (Å²) in [4.78, 5) is 20.5. The van der Waals surface area contributed by atoms with Gasteiger partial charge in [-0.3, -0.25) is 4.79 Å². The van der Waals surface area contributed by atoms with Crippen LogP contribution < -0.4 is 0 Å². The van der Waals surface area contributed by atoms with Crippen LogP contribution in [0.15, 0.2) is 0 Å². The molecular weight excluding hydrogens is 144 g/mol. The van der Waals surface area contributed by atoms with Crippen LogP contribution in [0.3, 0.4) is 0 Å². The summed E-state index contributed by atoms with van der Waals surface area (Å²) >= 11 is 0. The fourth-order valence-electron chi connectivity index (χ4n) is 0.889. The predicted molar refractivity (Wildman–Crippen MR) is 41.1 cm³/mol. The molecule has 3 heteroatoms. The lowest BCUT2D eigenvalue weighted by Crippen LogP contribution is -2.16. The summed E-state index contributed by atoms with van der Waals surface area (Å²) in [5.74, 6) is -0.315. The Morgan fingerprint density at radius 1 is 1.64 bits per heavy atom. The van der Waals surface area contributed by atoms with Crippen LogP contribution in [0, 0.1) is 0 Å². The minimum atomic E-state index is -0.315. The summed E-state index contributed by atoms with van der Waals surface area (Å²) in [6.45, 7) is 3.34. The summed E-state index contributed by atoms with van der Waals surface area (Å²) in [5, 5.41) is 0. The maximum Gasteiger partial charge on any atom is 0.302 e. The van der Waals surface area contributed by atoms with Gasteiger partial charge in [-0.1, -0.05) is 13.3 Å². The molecule has 0 bridgehead atoms. The predicted octanol–water partition coefficient (Wildman–Crippen LogP) is 1.31. The molecule has 3 nitrogen and oxygen atoms in total. The molecule has 0 heterocycles. The molecule has 0 spiro atoms. The van der Waals surface area contributed by atoms with Crippen LogP contribution in [0.2, 0.25) is 0 Å². The molecule has 0 saturated carbocycles. The van der Waals surface area contributed by atoms with Gasteiger partial charge >= 0.3 is 5.97 Å². The van der Waals surface area contributed by atoms with Crippen molar-refractivity contribution in [1.82, 2.24) is 0 Å². The molecule has 1 atom stereocenters. The normalized spacial score (nSPS) is 12.2. The number of hydrogen-bond donors (Lipinski definition) is 0. The van der Waals surface area contributed by atoms with Crippen LogP contribution in [-0.2, 0) is 14.3 Å². The minimum Gasteiger partial charge on any atom is -0.462 e. The van der Waals surface area contributed by atoms with Crippen molar-refractivity contribution in [2.45, 2.75) is 39.2 Å². The summed E-state index contributed by atoms with van der Waals surface area (Å²) in [5.41, 5.74) is 0. The number of ether oxygens (including phenoxy) is 1. The molecule has 0 saturated heterocycles. The van der Waals surface area contributed by atoms with Gasteiger partial charge in [0.25, 0.3) is 0 Å². The first-order valence-corrected chi connectivity index (χ1v) is 3.81. The van der Waals surface area contributed by atoms with Gasteiger partial charge in [0.1, 0.15) is 12.4 Å². The largest absolute Gasteiger partial charge is 0.462 e. The van der Waals surface area contributed by atoms with Crippen LogP contribution in [0.4, 0.5) is 0 Å². The van der Waals surface area contributed by atoms with E-state index in [0.717, 1.165) is 19.1 Å². The van der Waals surface area contributed by atoms with Crippen LogP contribution in [0.1, 0.15) is 33.1 Å². The standard InChI is InChI=1S/C8H14O3/c1-3-4-8(5-6-9)11-7(2)10/h6,8H,3-5H2,1-2H3/t8-/m1/s1. The van der Waals surface area contributed by atoms with E-state index in [2.05, 4.69) is 0 Å². The molecule has 0 radical (unpaired) electrons. The lowest BCUT2D eigenvalue weighted by atomic mass is 10.1. The molecule has 0 rings (SSSR count). The van der Waals surface area contributed by atoms with E-state index < -0.39 is 0 Å². The van der Waals surface area contributed by atoms with E-state index in [4.69, 9.17) is 4.74 Å². The molecule has 0 aromatic carbocycles. The van der Waals surface area contributed by atoms with Gasteiger partial charge in [0.05, 0.1) is 0 Å². The van der Waals surface area contributed by atoms with Crippen LogP contribution in [0.5, 0.6) is 0 Å². The van der Waals surface area contributed by atoms with E-state index in [1.165, 1.54) is 6.92 Å². The highest BCUT2D eigenvalue weighted by Crippen LogP contribution is 2.05. The fraction of sp³-hybridized carbons (Fsp3) is 0.750. The Kier molecular flexibility index (Phi) is 5.43. The Morgan fingerprint density at radius 2 is 2.27 bits per heavy atom. The molecule has 0 aliphatic heterocycles. The topological polar surface area (TPSA) is 43.4 Å². The second-order valence-corrected chi connectivity index (χ2v) is 2.42. The third-order valence-electron chi connectivity index (χ3n) is 1.30. The summed E-state index contributed by atoms with van der Waals surface area (Å²) in [7, 11) is 0. The molecule has 0 aromatic heterocycles. The molecule has 0 unspecified atom stereocenters. The van der Waals surface area contributed by atoms with Gasteiger partial charge in [0, 0.05) is 13.3 Å². The van der Waals surface area contributed by atoms with Gasteiger partial charge in [-0.15, -0.1) is 0 Å². The Labute approximate surface area is 66.7 Å². The lowest BCUT2D eigenvalue weighted by Gasteiger charge is -2.12. The maximum absolute atomic E-state index is 10.5. The van der Waals surface area contributed by atoms with Gasteiger partial charge in [0.15, 0.2) is 0 Å². The second-order valence-electron chi connectivity index (χ2n) is 2.42. The Hall–Kier alpha value is -0.860. The van der Waals surface area contributed by atoms with Gasteiger partial charge in [0.2, 0.25) is 0 Å². The maximum atomic E-state index is 10.5. The van der Waals surface area contributed by atoms with Crippen LogP contribution >= 0.6 is 0 Å². The first-order chi connectivity index (χ1) is 5.20. The molecule has 0 aromatic rings. The van der Waals surface area contributed by atoms with Gasteiger partial charge in [-0.05, 0) is 6.42 Å². The minimum absolute atomic E-state index is 0.213. The molecular formula is C8H14O3. The number of carbonyl (C=O) groups excluding carboxylic acids is 2. The van der Waals surface area contributed by atoms with Gasteiger partial charge in [-0.25, -0.2) is 0 Å². The molecule has 11 heavy (non-hydrogen) atoms. The highest BCUT2D eigenvalue weighted by atomic mass is 16.5. The summed E-state index contributed by atoms with van der Waals surface area (Å²) < 4.78 is 4.86. The zero-order valence-corrected chi connectivity index (χ0v) is 7.00. The van der Waals surface area contributed by atoms with Crippen LogP contribution in [-0.4, -0.2) is 18.4 Å². The van der Waals surface area contributed by atoms with Crippen molar-refractivity contribution in [2.24, 2.45) is 0 Å². The van der Waals surface area contributed by atoms with Crippen molar-refractivity contribution in [1.29, 1.82) is 0 Å². The average Bonchev–Trinajstić information content (AvgIpc) is 1.87. The van der Waals surface area contributed by atoms with Crippen molar-refractivity contribution in [2.75, 3.05) is 0 Å². The molecule has 0 aliphatic carbocycles. The summed E-state index contributed by atoms with van der Waals surface area (Å²) in [6.07, 6.45) is 2.57. The monoisotopic (exact) mass is 158 g/mol. The highest BCUT2D eigenvalue weighted by Gasteiger charge is 2.09. The number of rotatable bonds is 5.